The normalized spacial score (nSPS) is 10.6. The Morgan fingerprint density at radius 3 is 2.57 bits per heavy atom. The van der Waals surface area contributed by atoms with Crippen molar-refractivity contribution >= 4 is 5.91 Å². The number of nitrogens with zero attached hydrogens (tertiary/aromatic N) is 1. The van der Waals surface area contributed by atoms with Crippen molar-refractivity contribution in [2.75, 3.05) is 7.11 Å². The van der Waals surface area contributed by atoms with Gasteiger partial charge in [0.2, 0.25) is 0 Å². The van der Waals surface area contributed by atoms with Gasteiger partial charge in [-0.25, -0.2) is 4.39 Å². The Morgan fingerprint density at radius 2 is 1.87 bits per heavy atom. The average Bonchev–Trinajstić information content (AvgIpc) is 2.77. The Bertz CT molecular complexity index is 1070. The molecular formula is C24H25FN2O3. The standard InChI is InChI=1S/C24H25FN2O3/c1-3-4-12-27-16-19(18-6-5-7-21(13-18)30-2)14-22(24(27)29)23(28)26-15-17-8-10-20(25)11-9-17/h5-11,13-14,16H,3-4,12,15H2,1-2H3,(H,26,28). The lowest BCUT2D eigenvalue weighted by Gasteiger charge is -2.13. The van der Waals surface area contributed by atoms with Crippen molar-refractivity contribution in [3.63, 3.8) is 0 Å². The van der Waals surface area contributed by atoms with E-state index in [0.29, 0.717) is 12.3 Å². The summed E-state index contributed by atoms with van der Waals surface area (Å²) in [4.78, 5) is 25.7. The van der Waals surface area contributed by atoms with Gasteiger partial charge in [-0.3, -0.25) is 9.59 Å². The van der Waals surface area contributed by atoms with Crippen LogP contribution in [-0.4, -0.2) is 17.6 Å². The molecule has 0 bridgehead atoms. The maximum atomic E-state index is 13.1. The molecule has 0 aliphatic rings. The number of hydrogen-bond acceptors (Lipinski definition) is 3. The first kappa shape index (κ1) is 21.3. The number of amides is 1. The smallest absolute Gasteiger partial charge is 0.263 e. The van der Waals surface area contributed by atoms with Gasteiger partial charge in [0.1, 0.15) is 17.1 Å². The largest absolute Gasteiger partial charge is 0.497 e. The van der Waals surface area contributed by atoms with E-state index < -0.39 is 5.91 Å². The van der Waals surface area contributed by atoms with Crippen LogP contribution >= 0.6 is 0 Å². The van der Waals surface area contributed by atoms with Crippen LogP contribution in [0, 0.1) is 5.82 Å². The summed E-state index contributed by atoms with van der Waals surface area (Å²) < 4.78 is 20.0. The molecule has 6 heteroatoms. The van der Waals surface area contributed by atoms with Crippen LogP contribution in [0.25, 0.3) is 11.1 Å². The molecule has 5 nitrogen and oxygen atoms in total. The molecule has 0 aliphatic carbocycles. The van der Waals surface area contributed by atoms with Gasteiger partial charge < -0.3 is 14.6 Å². The lowest BCUT2D eigenvalue weighted by Crippen LogP contribution is -2.33. The average molecular weight is 408 g/mol. The Hall–Kier alpha value is -3.41. The summed E-state index contributed by atoms with van der Waals surface area (Å²) in [5.74, 6) is -0.102. The van der Waals surface area contributed by atoms with Crippen molar-refractivity contribution in [2.45, 2.75) is 32.9 Å². The first-order valence-electron chi connectivity index (χ1n) is 9.93. The van der Waals surface area contributed by atoms with E-state index in [-0.39, 0.29) is 23.5 Å². The van der Waals surface area contributed by atoms with E-state index in [1.807, 2.05) is 31.2 Å². The summed E-state index contributed by atoms with van der Waals surface area (Å²) in [6.45, 7) is 2.79. The first-order chi connectivity index (χ1) is 14.5. The SMILES string of the molecule is CCCCn1cc(-c2cccc(OC)c2)cc(C(=O)NCc2ccc(F)cc2)c1=O. The molecule has 0 saturated carbocycles. The van der Waals surface area contributed by atoms with Gasteiger partial charge in [0.15, 0.2) is 0 Å². The number of nitrogens with one attached hydrogen (secondary N) is 1. The summed E-state index contributed by atoms with van der Waals surface area (Å²) >= 11 is 0. The summed E-state index contributed by atoms with van der Waals surface area (Å²) in [5.41, 5.74) is 2.11. The van der Waals surface area contributed by atoms with Crippen LogP contribution in [0.2, 0.25) is 0 Å². The minimum atomic E-state index is -0.459. The number of carbonyl (C=O) groups excluding carboxylic acids is 1. The molecule has 0 saturated heterocycles. The summed E-state index contributed by atoms with van der Waals surface area (Å²) in [5, 5.41) is 2.76. The molecule has 0 unspecified atom stereocenters. The second-order valence-corrected chi connectivity index (χ2v) is 7.04. The van der Waals surface area contributed by atoms with Gasteiger partial charge in [-0.1, -0.05) is 37.6 Å². The fourth-order valence-electron chi connectivity index (χ4n) is 3.13. The predicted octanol–water partition coefficient (Wildman–Crippen LogP) is 4.39. The molecule has 0 aliphatic heterocycles. The summed E-state index contributed by atoms with van der Waals surface area (Å²) in [6.07, 6.45) is 3.55. The molecule has 1 amide bonds. The van der Waals surface area contributed by atoms with E-state index in [1.54, 1.807) is 36.1 Å². The number of benzene rings is 2. The van der Waals surface area contributed by atoms with E-state index >= 15 is 0 Å². The quantitative estimate of drug-likeness (QED) is 0.601. The molecule has 2 aromatic carbocycles. The minimum absolute atomic E-state index is 0.0773. The number of hydrogen-bond donors (Lipinski definition) is 1. The maximum Gasteiger partial charge on any atom is 0.263 e. The third kappa shape index (κ3) is 5.14. The number of methoxy groups -OCH3 is 1. The van der Waals surface area contributed by atoms with Crippen LogP contribution in [-0.2, 0) is 13.1 Å². The van der Waals surface area contributed by atoms with Crippen LogP contribution in [0.3, 0.4) is 0 Å². The van der Waals surface area contributed by atoms with Gasteiger partial charge >= 0.3 is 0 Å². The van der Waals surface area contributed by atoms with Gasteiger partial charge in [0.05, 0.1) is 7.11 Å². The first-order valence-corrected chi connectivity index (χ1v) is 9.93. The van der Waals surface area contributed by atoms with E-state index in [1.165, 1.54) is 12.1 Å². The van der Waals surface area contributed by atoms with Gasteiger partial charge in [0.25, 0.3) is 11.5 Å². The highest BCUT2D eigenvalue weighted by Gasteiger charge is 2.15. The van der Waals surface area contributed by atoms with E-state index in [4.69, 9.17) is 4.74 Å². The van der Waals surface area contributed by atoms with Crippen LogP contribution < -0.4 is 15.6 Å². The number of pyridine rings is 1. The number of ether oxygens (including phenoxy) is 1. The van der Waals surface area contributed by atoms with Crippen molar-refractivity contribution < 1.29 is 13.9 Å². The summed E-state index contributed by atoms with van der Waals surface area (Å²) in [6, 6.07) is 15.0. The fourth-order valence-corrected chi connectivity index (χ4v) is 3.13. The van der Waals surface area contributed by atoms with E-state index in [2.05, 4.69) is 5.32 Å². The molecule has 0 spiro atoms. The van der Waals surface area contributed by atoms with Crippen molar-refractivity contribution in [3.05, 3.63) is 88.1 Å². The molecule has 0 fully saturated rings. The number of aryl methyl sites for hydroxylation is 1. The molecule has 3 rings (SSSR count). The third-order valence-corrected chi connectivity index (χ3v) is 4.85. The highest BCUT2D eigenvalue weighted by atomic mass is 19.1. The monoisotopic (exact) mass is 408 g/mol. The lowest BCUT2D eigenvalue weighted by atomic mass is 10.0. The zero-order valence-corrected chi connectivity index (χ0v) is 17.2. The van der Waals surface area contributed by atoms with E-state index in [9.17, 15) is 14.0 Å². The Balaban J connectivity index is 1.93. The second-order valence-electron chi connectivity index (χ2n) is 7.04. The Kier molecular flexibility index (Phi) is 7.01. The lowest BCUT2D eigenvalue weighted by molar-refractivity contribution is 0.0949. The number of unbranched alkanes of at least 4 members (excludes halogenated alkanes) is 1. The van der Waals surface area contributed by atoms with Crippen molar-refractivity contribution in [1.82, 2.24) is 9.88 Å². The van der Waals surface area contributed by atoms with Crippen molar-refractivity contribution in [2.24, 2.45) is 0 Å². The van der Waals surface area contributed by atoms with Gasteiger partial charge in [-0.15, -0.1) is 0 Å². The van der Waals surface area contributed by atoms with Gasteiger partial charge in [-0.05, 0) is 53.4 Å². The van der Waals surface area contributed by atoms with E-state index in [0.717, 1.165) is 29.5 Å². The zero-order chi connectivity index (χ0) is 21.5. The zero-order valence-electron chi connectivity index (χ0n) is 17.2. The predicted molar refractivity (Wildman–Crippen MR) is 115 cm³/mol. The molecule has 156 valence electrons. The van der Waals surface area contributed by atoms with Gasteiger partial charge in [-0.2, -0.15) is 0 Å². The number of halogens is 1. The number of rotatable bonds is 8. The molecule has 30 heavy (non-hydrogen) atoms. The highest BCUT2D eigenvalue weighted by molar-refractivity contribution is 5.95. The molecular weight excluding hydrogens is 383 g/mol. The third-order valence-electron chi connectivity index (χ3n) is 4.85. The molecule has 1 N–H and O–H groups in total. The number of carbonyl (C=O) groups is 1. The summed E-state index contributed by atoms with van der Waals surface area (Å²) in [7, 11) is 1.59. The van der Waals surface area contributed by atoms with Crippen LogP contribution in [0.1, 0.15) is 35.7 Å². The Morgan fingerprint density at radius 1 is 1.10 bits per heavy atom. The molecule has 0 radical (unpaired) electrons. The molecule has 1 heterocycles. The van der Waals surface area contributed by atoms with Crippen LogP contribution in [0.4, 0.5) is 4.39 Å². The molecule has 1 aromatic heterocycles. The molecule has 3 aromatic rings. The van der Waals surface area contributed by atoms with Gasteiger partial charge in [0, 0.05) is 19.3 Å². The van der Waals surface area contributed by atoms with Crippen molar-refractivity contribution in [1.29, 1.82) is 0 Å². The second kappa shape index (κ2) is 9.87. The topological polar surface area (TPSA) is 60.3 Å². The highest BCUT2D eigenvalue weighted by Crippen LogP contribution is 2.24. The number of aromatic nitrogens is 1. The van der Waals surface area contributed by atoms with Crippen LogP contribution in [0.15, 0.2) is 65.6 Å². The fraction of sp³-hybridized carbons (Fsp3) is 0.250. The minimum Gasteiger partial charge on any atom is -0.497 e. The van der Waals surface area contributed by atoms with Crippen LogP contribution in [0.5, 0.6) is 5.75 Å². The van der Waals surface area contributed by atoms with Crippen molar-refractivity contribution in [3.8, 4) is 16.9 Å². The molecule has 0 atom stereocenters. The maximum absolute atomic E-state index is 13.1. The Labute approximate surface area is 175 Å².